The molecule has 6 nitrogen and oxygen atoms in total. The van der Waals surface area contributed by atoms with E-state index in [1.807, 2.05) is 0 Å². The second-order valence-electron chi connectivity index (χ2n) is 6.38. The first-order valence-corrected chi connectivity index (χ1v) is 7.65. The van der Waals surface area contributed by atoms with Crippen molar-refractivity contribution in [1.82, 2.24) is 15.3 Å². The van der Waals surface area contributed by atoms with Crippen LogP contribution in [-0.2, 0) is 0 Å². The quantitative estimate of drug-likeness (QED) is 0.705. The standard InChI is InChI=1S/C15H23N3O3.2ClH/c19-12-6-15(7-13(12)20,9-18-11-2-1-3-11)10-21-14-8-16-4-5-17-14;;/h4-5,8,11-13,18-20H,1-3,6-7,9-10H2;2*1H/t12-,13+,15?;;. The van der Waals surface area contributed by atoms with Gasteiger partial charge in [-0.2, -0.15) is 0 Å². The molecule has 2 aliphatic rings. The Morgan fingerprint density at radius 3 is 2.39 bits per heavy atom. The van der Waals surface area contributed by atoms with Crippen LogP contribution < -0.4 is 10.1 Å². The van der Waals surface area contributed by atoms with Gasteiger partial charge in [0.25, 0.3) is 0 Å². The van der Waals surface area contributed by atoms with Crippen molar-refractivity contribution in [2.24, 2.45) is 5.41 Å². The fraction of sp³-hybridized carbons (Fsp3) is 0.733. The Morgan fingerprint density at radius 2 is 1.87 bits per heavy atom. The summed E-state index contributed by atoms with van der Waals surface area (Å²) >= 11 is 0. The Morgan fingerprint density at radius 1 is 1.17 bits per heavy atom. The van der Waals surface area contributed by atoms with E-state index in [-0.39, 0.29) is 30.2 Å². The topological polar surface area (TPSA) is 87.5 Å². The summed E-state index contributed by atoms with van der Waals surface area (Å²) in [5.41, 5.74) is -0.244. The summed E-state index contributed by atoms with van der Waals surface area (Å²) in [6, 6.07) is 0.577. The molecule has 2 saturated carbocycles. The molecule has 2 fully saturated rings. The van der Waals surface area contributed by atoms with Crippen molar-refractivity contribution in [3.63, 3.8) is 0 Å². The van der Waals surface area contributed by atoms with E-state index in [4.69, 9.17) is 4.74 Å². The maximum atomic E-state index is 9.91. The molecule has 8 heteroatoms. The Balaban J connectivity index is 0.00000132. The number of ether oxygens (including phenoxy) is 1. The van der Waals surface area contributed by atoms with E-state index >= 15 is 0 Å². The fourth-order valence-electron chi connectivity index (χ4n) is 3.12. The third kappa shape index (κ3) is 5.16. The van der Waals surface area contributed by atoms with Crippen molar-refractivity contribution in [3.05, 3.63) is 18.6 Å². The van der Waals surface area contributed by atoms with Crippen molar-refractivity contribution in [2.75, 3.05) is 13.2 Å². The summed E-state index contributed by atoms with van der Waals surface area (Å²) in [6.07, 6.45) is 8.25. The van der Waals surface area contributed by atoms with Crippen LogP contribution in [0.1, 0.15) is 32.1 Å². The predicted octanol–water partition coefficient (Wildman–Crippen LogP) is 1.34. The number of nitrogens with zero attached hydrogens (tertiary/aromatic N) is 2. The van der Waals surface area contributed by atoms with E-state index in [1.54, 1.807) is 18.6 Å². The second kappa shape index (κ2) is 8.99. The number of hydrogen-bond donors (Lipinski definition) is 3. The number of aromatic nitrogens is 2. The molecule has 0 radical (unpaired) electrons. The van der Waals surface area contributed by atoms with Crippen LogP contribution >= 0.6 is 24.8 Å². The van der Waals surface area contributed by atoms with Crippen LogP contribution in [0.2, 0.25) is 0 Å². The molecular formula is C15H25Cl2N3O3. The zero-order valence-corrected chi connectivity index (χ0v) is 14.6. The van der Waals surface area contributed by atoms with Gasteiger partial charge in [0.2, 0.25) is 5.88 Å². The van der Waals surface area contributed by atoms with Gasteiger partial charge in [0.05, 0.1) is 25.0 Å². The Bertz CT molecular complexity index is 453. The molecular weight excluding hydrogens is 341 g/mol. The molecule has 1 heterocycles. The van der Waals surface area contributed by atoms with E-state index in [0.717, 1.165) is 6.54 Å². The minimum atomic E-state index is -0.668. The van der Waals surface area contributed by atoms with Gasteiger partial charge in [0.15, 0.2) is 0 Å². The van der Waals surface area contributed by atoms with Gasteiger partial charge in [0, 0.05) is 30.4 Å². The summed E-state index contributed by atoms with van der Waals surface area (Å²) < 4.78 is 5.74. The lowest BCUT2D eigenvalue weighted by Crippen LogP contribution is -2.44. The molecule has 3 rings (SSSR count). The molecule has 3 N–H and O–H groups in total. The van der Waals surface area contributed by atoms with Gasteiger partial charge in [0.1, 0.15) is 0 Å². The van der Waals surface area contributed by atoms with Gasteiger partial charge in [-0.25, -0.2) is 4.98 Å². The summed E-state index contributed by atoms with van der Waals surface area (Å²) in [6.45, 7) is 1.19. The lowest BCUT2D eigenvalue weighted by Gasteiger charge is -2.34. The van der Waals surface area contributed by atoms with Crippen LogP contribution in [0.3, 0.4) is 0 Å². The van der Waals surface area contributed by atoms with Crippen LogP contribution in [0.15, 0.2) is 18.6 Å². The molecule has 132 valence electrons. The summed E-state index contributed by atoms with van der Waals surface area (Å²) in [5, 5.41) is 23.4. The van der Waals surface area contributed by atoms with Crippen molar-refractivity contribution >= 4 is 24.8 Å². The van der Waals surface area contributed by atoms with Crippen LogP contribution in [0.5, 0.6) is 5.88 Å². The van der Waals surface area contributed by atoms with Crippen LogP contribution in [0, 0.1) is 5.41 Å². The molecule has 0 bridgehead atoms. The van der Waals surface area contributed by atoms with E-state index < -0.39 is 12.2 Å². The molecule has 23 heavy (non-hydrogen) atoms. The smallest absolute Gasteiger partial charge is 0.232 e. The number of aliphatic hydroxyl groups is 2. The highest BCUT2D eigenvalue weighted by molar-refractivity contribution is 5.85. The number of nitrogens with one attached hydrogen (secondary N) is 1. The zero-order valence-electron chi connectivity index (χ0n) is 12.9. The maximum absolute atomic E-state index is 9.91. The van der Waals surface area contributed by atoms with Gasteiger partial charge >= 0.3 is 0 Å². The molecule has 1 aromatic heterocycles. The average molecular weight is 366 g/mol. The van der Waals surface area contributed by atoms with Gasteiger partial charge < -0.3 is 20.3 Å². The van der Waals surface area contributed by atoms with E-state index in [9.17, 15) is 10.2 Å². The van der Waals surface area contributed by atoms with E-state index in [2.05, 4.69) is 15.3 Å². The first-order chi connectivity index (χ1) is 10.2. The fourth-order valence-corrected chi connectivity index (χ4v) is 3.12. The minimum absolute atomic E-state index is 0. The van der Waals surface area contributed by atoms with Gasteiger partial charge in [-0.05, 0) is 25.7 Å². The van der Waals surface area contributed by atoms with Gasteiger partial charge in [-0.3, -0.25) is 4.98 Å². The molecule has 0 aliphatic heterocycles. The minimum Gasteiger partial charge on any atom is -0.476 e. The van der Waals surface area contributed by atoms with Crippen molar-refractivity contribution in [1.29, 1.82) is 0 Å². The molecule has 1 aromatic rings. The third-order valence-corrected chi connectivity index (χ3v) is 4.67. The highest BCUT2D eigenvalue weighted by atomic mass is 35.5. The SMILES string of the molecule is Cl.Cl.O[C@@H]1CC(CNC2CCC2)(COc2cnccn2)C[C@@H]1O. The first-order valence-electron chi connectivity index (χ1n) is 7.65. The average Bonchev–Trinajstić information content (AvgIpc) is 2.72. The second-order valence-corrected chi connectivity index (χ2v) is 6.38. The van der Waals surface area contributed by atoms with Crippen molar-refractivity contribution in [3.8, 4) is 5.88 Å². The number of halogens is 2. The number of rotatable bonds is 6. The largest absolute Gasteiger partial charge is 0.476 e. The molecule has 0 aromatic carbocycles. The lowest BCUT2D eigenvalue weighted by molar-refractivity contribution is 0.0438. The molecule has 3 atom stereocenters. The monoisotopic (exact) mass is 365 g/mol. The lowest BCUT2D eigenvalue weighted by atomic mass is 9.85. The van der Waals surface area contributed by atoms with Crippen molar-refractivity contribution in [2.45, 2.75) is 50.4 Å². The molecule has 0 amide bonds. The Kier molecular flexibility index (Phi) is 7.97. The molecule has 2 aliphatic carbocycles. The van der Waals surface area contributed by atoms with Crippen LogP contribution in [0.25, 0.3) is 0 Å². The predicted molar refractivity (Wildman–Crippen MR) is 91.3 cm³/mol. The zero-order chi connectivity index (χ0) is 14.7. The number of aliphatic hydroxyl groups excluding tert-OH is 2. The highest BCUT2D eigenvalue weighted by Crippen LogP contribution is 2.39. The molecule has 1 unspecified atom stereocenters. The summed E-state index contributed by atoms with van der Waals surface area (Å²) in [4.78, 5) is 8.08. The Labute approximate surface area is 148 Å². The van der Waals surface area contributed by atoms with Crippen molar-refractivity contribution < 1.29 is 14.9 Å². The highest BCUT2D eigenvalue weighted by Gasteiger charge is 2.45. The van der Waals surface area contributed by atoms with E-state index in [0.29, 0.717) is 31.4 Å². The summed E-state index contributed by atoms with van der Waals surface area (Å²) in [7, 11) is 0. The molecule has 0 saturated heterocycles. The summed E-state index contributed by atoms with van der Waals surface area (Å²) in [5.74, 6) is 0.483. The van der Waals surface area contributed by atoms with E-state index in [1.165, 1.54) is 19.3 Å². The normalized spacial score (nSPS) is 30.0. The third-order valence-electron chi connectivity index (χ3n) is 4.67. The van der Waals surface area contributed by atoms with Crippen LogP contribution in [0.4, 0.5) is 0 Å². The molecule has 0 spiro atoms. The number of hydrogen-bond acceptors (Lipinski definition) is 6. The van der Waals surface area contributed by atoms with Crippen LogP contribution in [-0.4, -0.2) is 51.6 Å². The van der Waals surface area contributed by atoms with Gasteiger partial charge in [-0.1, -0.05) is 6.42 Å². The first kappa shape index (κ1) is 20.4. The maximum Gasteiger partial charge on any atom is 0.232 e. The van der Waals surface area contributed by atoms with Gasteiger partial charge in [-0.15, -0.1) is 24.8 Å². The Hall–Kier alpha value is -0.660.